The van der Waals surface area contributed by atoms with Gasteiger partial charge in [-0.1, -0.05) is 11.6 Å². The monoisotopic (exact) mass is 328 g/mol. The molecule has 1 aliphatic rings. The van der Waals surface area contributed by atoms with Crippen LogP contribution in [0.4, 0.5) is 0 Å². The molecule has 0 saturated heterocycles. The van der Waals surface area contributed by atoms with Crippen molar-refractivity contribution in [2.45, 2.75) is 58.4 Å². The van der Waals surface area contributed by atoms with Gasteiger partial charge in [-0.3, -0.25) is 9.59 Å². The minimum atomic E-state index is -0.277. The zero-order valence-electron chi connectivity index (χ0n) is 14.9. The van der Waals surface area contributed by atoms with E-state index in [1.54, 1.807) is 24.3 Å². The minimum Gasteiger partial charge on any atom is -0.352 e. The Morgan fingerprint density at radius 1 is 1.00 bits per heavy atom. The molecule has 1 aromatic carbocycles. The van der Waals surface area contributed by atoms with Gasteiger partial charge in [-0.15, -0.1) is 0 Å². The molecular weight excluding hydrogens is 300 g/mol. The van der Waals surface area contributed by atoms with Gasteiger partial charge in [0.1, 0.15) is 0 Å². The van der Waals surface area contributed by atoms with Crippen LogP contribution in [0.5, 0.6) is 0 Å². The van der Waals surface area contributed by atoms with Crippen molar-refractivity contribution < 1.29 is 9.59 Å². The molecule has 0 heterocycles. The van der Waals surface area contributed by atoms with Crippen molar-refractivity contribution in [2.24, 2.45) is 0 Å². The summed E-state index contributed by atoms with van der Waals surface area (Å²) in [6.45, 7) is 6.48. The summed E-state index contributed by atoms with van der Waals surface area (Å²) < 4.78 is 0. The molecule has 0 atom stereocenters. The first-order valence-electron chi connectivity index (χ1n) is 8.74. The van der Waals surface area contributed by atoms with Crippen molar-refractivity contribution in [3.8, 4) is 0 Å². The van der Waals surface area contributed by atoms with Gasteiger partial charge in [0.15, 0.2) is 0 Å². The smallest absolute Gasteiger partial charge is 0.251 e. The standard InChI is InChI=1S/C20H28N2O2/c1-20(2,3)22-19(24)17-11-9-16(10-12-17)18(23)21-14-13-15-7-5-4-6-8-15/h7,9-12H,4-6,8,13-14H2,1-3H3,(H,21,23)(H,22,24). The Morgan fingerprint density at radius 3 is 2.17 bits per heavy atom. The number of nitrogens with one attached hydrogen (secondary N) is 2. The molecule has 0 aliphatic heterocycles. The molecular formula is C20H28N2O2. The molecule has 0 bridgehead atoms. The third-order valence-electron chi connectivity index (χ3n) is 4.01. The first kappa shape index (κ1) is 18.2. The van der Waals surface area contributed by atoms with E-state index in [1.807, 2.05) is 20.8 Å². The summed E-state index contributed by atoms with van der Waals surface area (Å²) in [6.07, 6.45) is 8.10. The predicted molar refractivity (Wildman–Crippen MR) is 97.2 cm³/mol. The first-order valence-corrected chi connectivity index (χ1v) is 8.74. The quantitative estimate of drug-likeness (QED) is 0.807. The van der Waals surface area contributed by atoms with Gasteiger partial charge in [-0.2, -0.15) is 0 Å². The molecule has 0 aromatic heterocycles. The molecule has 2 rings (SSSR count). The molecule has 2 amide bonds. The van der Waals surface area contributed by atoms with Crippen LogP contribution in [-0.4, -0.2) is 23.9 Å². The predicted octanol–water partition coefficient (Wildman–Crippen LogP) is 3.84. The number of amides is 2. The molecule has 4 heteroatoms. The lowest BCUT2D eigenvalue weighted by Crippen LogP contribution is -2.40. The van der Waals surface area contributed by atoms with Crippen LogP contribution in [0.15, 0.2) is 35.9 Å². The Hall–Kier alpha value is -2.10. The molecule has 4 nitrogen and oxygen atoms in total. The van der Waals surface area contributed by atoms with E-state index in [4.69, 9.17) is 0 Å². The fraction of sp³-hybridized carbons (Fsp3) is 0.500. The Balaban J connectivity index is 1.84. The molecule has 0 unspecified atom stereocenters. The van der Waals surface area contributed by atoms with Crippen LogP contribution in [0.1, 0.15) is 73.6 Å². The second-order valence-corrected chi connectivity index (χ2v) is 7.40. The second-order valence-electron chi connectivity index (χ2n) is 7.40. The molecule has 1 aliphatic carbocycles. The van der Waals surface area contributed by atoms with Gasteiger partial charge >= 0.3 is 0 Å². The summed E-state index contributed by atoms with van der Waals surface area (Å²) >= 11 is 0. The number of hydrogen-bond acceptors (Lipinski definition) is 2. The average molecular weight is 328 g/mol. The van der Waals surface area contributed by atoms with E-state index in [-0.39, 0.29) is 17.4 Å². The van der Waals surface area contributed by atoms with E-state index in [0.717, 1.165) is 12.8 Å². The number of allylic oxidation sites excluding steroid dienone is 1. The largest absolute Gasteiger partial charge is 0.352 e. The van der Waals surface area contributed by atoms with Crippen molar-refractivity contribution in [3.63, 3.8) is 0 Å². The maximum Gasteiger partial charge on any atom is 0.251 e. The van der Waals surface area contributed by atoms with Crippen molar-refractivity contribution in [3.05, 3.63) is 47.0 Å². The Bertz CT molecular complexity index is 610. The van der Waals surface area contributed by atoms with Crippen molar-refractivity contribution in [1.29, 1.82) is 0 Å². The third kappa shape index (κ3) is 5.84. The molecule has 0 radical (unpaired) electrons. The van der Waals surface area contributed by atoms with Crippen LogP contribution in [0.3, 0.4) is 0 Å². The summed E-state index contributed by atoms with van der Waals surface area (Å²) in [7, 11) is 0. The lowest BCUT2D eigenvalue weighted by atomic mass is 9.97. The topological polar surface area (TPSA) is 58.2 Å². The van der Waals surface area contributed by atoms with Gasteiger partial charge in [0.25, 0.3) is 11.8 Å². The van der Waals surface area contributed by atoms with Crippen LogP contribution >= 0.6 is 0 Å². The van der Waals surface area contributed by atoms with Crippen LogP contribution in [0.25, 0.3) is 0 Å². The molecule has 24 heavy (non-hydrogen) atoms. The van der Waals surface area contributed by atoms with Crippen LogP contribution in [0, 0.1) is 0 Å². The Morgan fingerprint density at radius 2 is 1.62 bits per heavy atom. The molecule has 130 valence electrons. The lowest BCUT2D eigenvalue weighted by Gasteiger charge is -2.20. The van der Waals surface area contributed by atoms with Crippen LogP contribution in [0.2, 0.25) is 0 Å². The van der Waals surface area contributed by atoms with Crippen molar-refractivity contribution >= 4 is 11.8 Å². The summed E-state index contributed by atoms with van der Waals surface area (Å²) in [5.74, 6) is -0.215. The van der Waals surface area contributed by atoms with Crippen molar-refractivity contribution in [2.75, 3.05) is 6.54 Å². The van der Waals surface area contributed by atoms with E-state index in [9.17, 15) is 9.59 Å². The summed E-state index contributed by atoms with van der Waals surface area (Å²) in [4.78, 5) is 24.2. The van der Waals surface area contributed by atoms with Crippen molar-refractivity contribution in [1.82, 2.24) is 10.6 Å². The number of carbonyl (C=O) groups is 2. The molecule has 0 spiro atoms. The minimum absolute atomic E-state index is 0.0887. The lowest BCUT2D eigenvalue weighted by molar-refractivity contribution is 0.0915. The second kappa shape index (κ2) is 8.13. The molecule has 0 fully saturated rings. The number of hydrogen-bond donors (Lipinski definition) is 2. The third-order valence-corrected chi connectivity index (χ3v) is 4.01. The van der Waals surface area contributed by atoms with E-state index < -0.39 is 0 Å². The summed E-state index contributed by atoms with van der Waals surface area (Å²) in [6, 6.07) is 6.79. The maximum atomic E-state index is 12.2. The highest BCUT2D eigenvalue weighted by Gasteiger charge is 2.15. The number of benzene rings is 1. The van der Waals surface area contributed by atoms with E-state index in [2.05, 4.69) is 16.7 Å². The highest BCUT2D eigenvalue weighted by molar-refractivity contribution is 5.98. The number of rotatable bonds is 5. The zero-order valence-corrected chi connectivity index (χ0v) is 14.9. The van der Waals surface area contributed by atoms with E-state index in [1.165, 1.54) is 24.8 Å². The number of carbonyl (C=O) groups excluding carboxylic acids is 2. The highest BCUT2D eigenvalue weighted by Crippen LogP contribution is 2.19. The SMILES string of the molecule is CC(C)(C)NC(=O)c1ccc(C(=O)NCCC2=CCCCC2)cc1. The van der Waals surface area contributed by atoms with Gasteiger partial charge < -0.3 is 10.6 Å². The van der Waals surface area contributed by atoms with Gasteiger partial charge in [-0.05, 0) is 77.1 Å². The maximum absolute atomic E-state index is 12.2. The fourth-order valence-corrected chi connectivity index (χ4v) is 2.76. The first-order chi connectivity index (χ1) is 11.3. The van der Waals surface area contributed by atoms with Gasteiger partial charge in [0, 0.05) is 23.2 Å². The summed E-state index contributed by atoms with van der Waals surface area (Å²) in [5.41, 5.74) is 2.32. The molecule has 1 aromatic rings. The van der Waals surface area contributed by atoms with E-state index >= 15 is 0 Å². The van der Waals surface area contributed by atoms with Crippen LogP contribution in [-0.2, 0) is 0 Å². The summed E-state index contributed by atoms with van der Waals surface area (Å²) in [5, 5.41) is 5.86. The Kier molecular flexibility index (Phi) is 6.18. The normalized spacial score (nSPS) is 14.7. The van der Waals surface area contributed by atoms with Crippen LogP contribution < -0.4 is 10.6 Å². The van der Waals surface area contributed by atoms with Gasteiger partial charge in [0.2, 0.25) is 0 Å². The molecule has 2 N–H and O–H groups in total. The van der Waals surface area contributed by atoms with Gasteiger partial charge in [-0.25, -0.2) is 0 Å². The zero-order chi connectivity index (χ0) is 17.6. The highest BCUT2D eigenvalue weighted by atomic mass is 16.2. The Labute approximate surface area is 144 Å². The average Bonchev–Trinajstić information content (AvgIpc) is 2.54. The van der Waals surface area contributed by atoms with E-state index in [0.29, 0.717) is 17.7 Å². The van der Waals surface area contributed by atoms with Gasteiger partial charge in [0.05, 0.1) is 0 Å². The fourth-order valence-electron chi connectivity index (χ4n) is 2.76. The molecule has 0 saturated carbocycles.